The van der Waals surface area contributed by atoms with E-state index in [2.05, 4.69) is 6.92 Å². The Labute approximate surface area is 68.6 Å². The van der Waals surface area contributed by atoms with Crippen LogP contribution >= 0.6 is 0 Å². The number of hydrogen-bond acceptors (Lipinski definition) is 1. The van der Waals surface area contributed by atoms with Gasteiger partial charge >= 0.3 is 5.97 Å². The van der Waals surface area contributed by atoms with E-state index in [0.717, 1.165) is 18.8 Å². The van der Waals surface area contributed by atoms with E-state index >= 15 is 0 Å². The molecule has 0 aliphatic rings. The highest BCUT2D eigenvalue weighted by atomic mass is 16.4. The van der Waals surface area contributed by atoms with Gasteiger partial charge in [-0.25, -0.2) is 0 Å². The molecule has 0 spiro atoms. The number of carboxylic acid groups (broad SMARTS) is 1. The van der Waals surface area contributed by atoms with Gasteiger partial charge in [0.05, 0.1) is 5.92 Å². The van der Waals surface area contributed by atoms with E-state index in [9.17, 15) is 4.79 Å². The molecule has 0 aromatic carbocycles. The molecule has 2 heteroatoms. The Balaban J connectivity index is 3.91. The topological polar surface area (TPSA) is 37.3 Å². The second-order valence-corrected chi connectivity index (χ2v) is 2.90. The zero-order chi connectivity index (χ0) is 8.85. The fraction of sp³-hybridized carbons (Fsp3) is 0.778. The van der Waals surface area contributed by atoms with Crippen LogP contribution in [-0.4, -0.2) is 11.1 Å². The summed E-state index contributed by atoms with van der Waals surface area (Å²) in [5.41, 5.74) is 0. The van der Waals surface area contributed by atoms with Gasteiger partial charge < -0.3 is 5.11 Å². The smallest absolute Gasteiger partial charge is 0.307 e. The first-order valence-corrected chi connectivity index (χ1v) is 4.18. The Morgan fingerprint density at radius 1 is 1.45 bits per heavy atom. The highest BCUT2D eigenvalue weighted by molar-refractivity contribution is 5.72. The summed E-state index contributed by atoms with van der Waals surface area (Å²) in [5.74, 6) is 0.191. The first-order valence-electron chi connectivity index (χ1n) is 4.18. The van der Waals surface area contributed by atoms with Gasteiger partial charge in [-0.3, -0.25) is 4.79 Å². The fourth-order valence-corrected chi connectivity index (χ4v) is 1.30. The van der Waals surface area contributed by atoms with Gasteiger partial charge in [-0.1, -0.05) is 27.2 Å². The quantitative estimate of drug-likeness (QED) is 0.665. The van der Waals surface area contributed by atoms with Crippen molar-refractivity contribution in [1.29, 1.82) is 0 Å². The van der Waals surface area contributed by atoms with Crippen molar-refractivity contribution in [2.75, 3.05) is 0 Å². The van der Waals surface area contributed by atoms with Crippen molar-refractivity contribution in [2.24, 2.45) is 5.92 Å². The van der Waals surface area contributed by atoms with Gasteiger partial charge in [-0.05, 0) is 18.8 Å². The van der Waals surface area contributed by atoms with Crippen LogP contribution in [0.3, 0.4) is 0 Å². The second kappa shape index (κ2) is 5.16. The molecule has 0 bridgehead atoms. The summed E-state index contributed by atoms with van der Waals surface area (Å²) in [5, 5.41) is 8.75. The lowest BCUT2D eigenvalue weighted by Crippen LogP contribution is -2.18. The minimum absolute atomic E-state index is 0.227. The lowest BCUT2D eigenvalue weighted by molar-refractivity contribution is -0.141. The van der Waals surface area contributed by atoms with Gasteiger partial charge in [0.1, 0.15) is 0 Å². The van der Waals surface area contributed by atoms with Crippen molar-refractivity contribution < 1.29 is 9.90 Å². The Morgan fingerprint density at radius 3 is 2.27 bits per heavy atom. The Morgan fingerprint density at radius 2 is 2.00 bits per heavy atom. The van der Waals surface area contributed by atoms with Crippen LogP contribution in [0.2, 0.25) is 0 Å². The number of carbonyl (C=O) groups is 1. The molecular formula is C9H17O2. The van der Waals surface area contributed by atoms with Gasteiger partial charge in [0.25, 0.3) is 0 Å². The molecule has 0 aromatic rings. The van der Waals surface area contributed by atoms with E-state index in [4.69, 9.17) is 5.11 Å². The molecule has 11 heavy (non-hydrogen) atoms. The zero-order valence-corrected chi connectivity index (χ0v) is 7.55. The van der Waals surface area contributed by atoms with Crippen LogP contribution in [0.1, 0.15) is 40.0 Å². The molecule has 0 aliphatic heterocycles. The molecule has 0 saturated heterocycles. The minimum atomic E-state index is -0.682. The maximum atomic E-state index is 10.6. The van der Waals surface area contributed by atoms with Crippen LogP contribution in [0.15, 0.2) is 0 Å². The molecule has 0 fully saturated rings. The number of aliphatic carboxylic acids is 1. The molecule has 0 rings (SSSR count). The largest absolute Gasteiger partial charge is 0.481 e. The molecular weight excluding hydrogens is 140 g/mol. The molecule has 2 nitrogen and oxygen atoms in total. The third-order valence-corrected chi connectivity index (χ3v) is 1.95. The average molecular weight is 157 g/mol. The SMILES string of the molecule is CCC[C](C)C(CC)C(=O)O. The van der Waals surface area contributed by atoms with Crippen LogP contribution in [0.5, 0.6) is 0 Å². The van der Waals surface area contributed by atoms with Crippen molar-refractivity contribution in [1.82, 2.24) is 0 Å². The first-order chi connectivity index (χ1) is 5.13. The predicted octanol–water partition coefficient (Wildman–Crippen LogP) is 2.49. The van der Waals surface area contributed by atoms with Crippen LogP contribution in [0.25, 0.3) is 0 Å². The van der Waals surface area contributed by atoms with E-state index in [0.29, 0.717) is 6.42 Å². The van der Waals surface area contributed by atoms with E-state index < -0.39 is 5.97 Å². The van der Waals surface area contributed by atoms with Gasteiger partial charge in [0, 0.05) is 0 Å². The van der Waals surface area contributed by atoms with Gasteiger partial charge in [-0.2, -0.15) is 0 Å². The standard InChI is InChI=1S/C9H17O2/c1-4-6-7(3)8(5-2)9(10)11/h8H,4-6H2,1-3H3,(H,10,11). The second-order valence-electron chi connectivity index (χ2n) is 2.90. The van der Waals surface area contributed by atoms with E-state index in [1.165, 1.54) is 0 Å². The average Bonchev–Trinajstić information content (AvgIpc) is 1.88. The van der Waals surface area contributed by atoms with Crippen molar-refractivity contribution in [3.63, 3.8) is 0 Å². The van der Waals surface area contributed by atoms with Gasteiger partial charge in [0.2, 0.25) is 0 Å². The summed E-state index contributed by atoms with van der Waals surface area (Å²) in [6.45, 7) is 5.92. The van der Waals surface area contributed by atoms with Crippen molar-refractivity contribution in [3.8, 4) is 0 Å². The van der Waals surface area contributed by atoms with Crippen LogP contribution in [0.4, 0.5) is 0 Å². The lowest BCUT2D eigenvalue weighted by atomic mass is 9.88. The summed E-state index contributed by atoms with van der Waals surface area (Å²) in [4.78, 5) is 10.6. The molecule has 1 unspecified atom stereocenters. The third-order valence-electron chi connectivity index (χ3n) is 1.95. The molecule has 0 heterocycles. The van der Waals surface area contributed by atoms with E-state index in [1.807, 2.05) is 13.8 Å². The van der Waals surface area contributed by atoms with Crippen LogP contribution in [0, 0.1) is 11.8 Å². The molecule has 0 aromatic heterocycles. The summed E-state index contributed by atoms with van der Waals surface area (Å²) in [6, 6.07) is 0. The van der Waals surface area contributed by atoms with Gasteiger partial charge in [-0.15, -0.1) is 0 Å². The first kappa shape index (κ1) is 10.5. The van der Waals surface area contributed by atoms with Crippen LogP contribution < -0.4 is 0 Å². The predicted molar refractivity (Wildman–Crippen MR) is 45.2 cm³/mol. The molecule has 1 N–H and O–H groups in total. The molecule has 1 radical (unpaired) electrons. The maximum absolute atomic E-state index is 10.6. The van der Waals surface area contributed by atoms with Crippen molar-refractivity contribution >= 4 is 5.97 Å². The number of carboxylic acids is 1. The van der Waals surface area contributed by atoms with Crippen molar-refractivity contribution in [3.05, 3.63) is 5.92 Å². The summed E-state index contributed by atoms with van der Waals surface area (Å²) in [7, 11) is 0. The normalized spacial score (nSPS) is 13.5. The highest BCUT2D eigenvalue weighted by Crippen LogP contribution is 2.22. The third kappa shape index (κ3) is 3.40. The Bertz CT molecular complexity index is 121. The molecule has 0 amide bonds. The molecule has 65 valence electrons. The molecule has 0 saturated carbocycles. The Hall–Kier alpha value is -0.530. The highest BCUT2D eigenvalue weighted by Gasteiger charge is 2.21. The summed E-state index contributed by atoms with van der Waals surface area (Å²) >= 11 is 0. The van der Waals surface area contributed by atoms with E-state index in [1.54, 1.807) is 0 Å². The van der Waals surface area contributed by atoms with Crippen molar-refractivity contribution in [2.45, 2.75) is 40.0 Å². The maximum Gasteiger partial charge on any atom is 0.307 e. The van der Waals surface area contributed by atoms with E-state index in [-0.39, 0.29) is 5.92 Å². The molecule has 0 aliphatic carbocycles. The number of rotatable bonds is 5. The minimum Gasteiger partial charge on any atom is -0.481 e. The Kier molecular flexibility index (Phi) is 4.92. The zero-order valence-electron chi connectivity index (χ0n) is 7.55. The monoisotopic (exact) mass is 157 g/mol. The summed E-state index contributed by atoms with van der Waals surface area (Å²) < 4.78 is 0. The number of hydrogen-bond donors (Lipinski definition) is 1. The fourth-order valence-electron chi connectivity index (χ4n) is 1.30. The summed E-state index contributed by atoms with van der Waals surface area (Å²) in [6.07, 6.45) is 2.68. The van der Waals surface area contributed by atoms with Crippen LogP contribution in [-0.2, 0) is 4.79 Å². The van der Waals surface area contributed by atoms with Gasteiger partial charge in [0.15, 0.2) is 0 Å². The molecule has 1 atom stereocenters. The lowest BCUT2D eigenvalue weighted by Gasteiger charge is -2.16.